The zero-order valence-electron chi connectivity index (χ0n) is 49.7. The minimum Gasteiger partial charge on any atom is -0.445 e. The second kappa shape index (κ2) is 32.4. The van der Waals surface area contributed by atoms with Crippen LogP contribution in [0, 0.1) is 35.5 Å². The number of nitrogens with two attached hydrogens (primary N) is 1. The predicted octanol–water partition coefficient (Wildman–Crippen LogP) is 8.52. The topological polar surface area (TPSA) is 242 Å². The molecule has 18 nitrogen and oxygen atoms in total. The third kappa shape index (κ3) is 19.0. The van der Waals surface area contributed by atoms with Crippen molar-refractivity contribution in [3.8, 4) is 0 Å². The maximum Gasteiger partial charge on any atom is 0.410 e. The molecule has 0 spiro atoms. The summed E-state index contributed by atoms with van der Waals surface area (Å²) in [5.74, 6) is -2.67. The number of urea groups is 1. The van der Waals surface area contributed by atoms with Crippen LogP contribution in [0.2, 0.25) is 0 Å². The van der Waals surface area contributed by atoms with Gasteiger partial charge in [-0.25, -0.2) is 9.59 Å². The number of benzene rings is 2. The number of methoxy groups -OCH3 is 1. The first kappa shape index (κ1) is 66.5. The van der Waals surface area contributed by atoms with Gasteiger partial charge in [0.2, 0.25) is 29.5 Å². The number of primary amides is 1. The zero-order chi connectivity index (χ0) is 58.6. The van der Waals surface area contributed by atoms with Crippen LogP contribution in [0.3, 0.4) is 0 Å². The van der Waals surface area contributed by atoms with E-state index in [9.17, 15) is 38.7 Å². The van der Waals surface area contributed by atoms with Crippen LogP contribution in [0.25, 0.3) is 0 Å². The standard InChI is InChI=1S/C60H98N8O10/c1-16-21-39(9)44-26-28-45(29-27-44)54(70)42(12)63-56(72)41(11)47(18-3)48-23-20-33-68(48)50(69)34-49(77-15)53(38(8)17-2)66(13)58(74)51(36(4)5)65-57(73)52(37(6)7)67(14)60(76)78-35-43-24-30-46(31-25-43)64-55(71)40(10)22-19-32-62-59(61)75/h24-31,36-42,47-49,51-54,70H,16-23,32-35H2,1-15H3,(H,63,72)(H,64,71)(H,65,73)(H3,61,62,75)/t38?,39?,40-,41+,42+,47+,48-,49+,51-,52-,53-,54+/m0/s1. The quantitative estimate of drug-likeness (QED) is 0.0393. The number of nitrogens with zero attached hydrogens (tertiary/aromatic N) is 3. The van der Waals surface area contributed by atoms with Crippen molar-refractivity contribution >= 4 is 47.3 Å². The molecule has 1 fully saturated rings. The molecule has 1 saturated heterocycles. The molecule has 8 amide bonds. The molecule has 78 heavy (non-hydrogen) atoms. The zero-order valence-corrected chi connectivity index (χ0v) is 49.7. The van der Waals surface area contributed by atoms with Crippen LogP contribution in [-0.2, 0) is 40.1 Å². The average molecular weight is 1090 g/mol. The summed E-state index contributed by atoms with van der Waals surface area (Å²) >= 11 is 0. The molecule has 0 aliphatic carbocycles. The maximum absolute atomic E-state index is 14.7. The Hall–Kier alpha value is -5.75. The van der Waals surface area contributed by atoms with Crippen molar-refractivity contribution < 1.29 is 48.1 Å². The van der Waals surface area contributed by atoms with Crippen LogP contribution in [0.15, 0.2) is 48.5 Å². The van der Waals surface area contributed by atoms with E-state index < -0.39 is 60.3 Å². The Labute approximate surface area is 466 Å². The van der Waals surface area contributed by atoms with E-state index >= 15 is 0 Å². The lowest BCUT2D eigenvalue weighted by Gasteiger charge is -2.41. The lowest BCUT2D eigenvalue weighted by atomic mass is 9.82. The second-order valence-electron chi connectivity index (χ2n) is 22.7. The predicted molar refractivity (Wildman–Crippen MR) is 306 cm³/mol. The summed E-state index contributed by atoms with van der Waals surface area (Å²) in [6, 6.07) is 11.0. The van der Waals surface area contributed by atoms with Crippen LogP contribution in [0.4, 0.5) is 15.3 Å². The third-order valence-corrected chi connectivity index (χ3v) is 16.1. The third-order valence-electron chi connectivity index (χ3n) is 16.1. The Balaban J connectivity index is 1.68. The molecule has 1 heterocycles. The normalized spacial score (nSPS) is 17.8. The fourth-order valence-corrected chi connectivity index (χ4v) is 11.0. The number of carbonyl (C=O) groups excluding carboxylic acids is 7. The van der Waals surface area contributed by atoms with Crippen molar-refractivity contribution in [3.05, 3.63) is 65.2 Å². The summed E-state index contributed by atoms with van der Waals surface area (Å²) in [5.41, 5.74) is 8.29. The van der Waals surface area contributed by atoms with Crippen LogP contribution in [0.5, 0.6) is 0 Å². The van der Waals surface area contributed by atoms with Crippen molar-refractivity contribution in [2.24, 2.45) is 41.2 Å². The van der Waals surface area contributed by atoms with E-state index in [4.69, 9.17) is 15.2 Å². The number of aliphatic hydroxyl groups excluding tert-OH is 1. The monoisotopic (exact) mass is 1090 g/mol. The number of anilines is 1. The minimum absolute atomic E-state index is 0.00303. The van der Waals surface area contributed by atoms with Crippen LogP contribution in [-0.4, -0.2) is 132 Å². The average Bonchev–Trinajstić information content (AvgIpc) is 3.91. The van der Waals surface area contributed by atoms with Gasteiger partial charge in [0.25, 0.3) is 0 Å². The van der Waals surface area contributed by atoms with Crippen LogP contribution < -0.4 is 27.0 Å². The highest BCUT2D eigenvalue weighted by molar-refractivity contribution is 5.93. The summed E-state index contributed by atoms with van der Waals surface area (Å²) < 4.78 is 11.8. The number of nitrogens with one attached hydrogen (secondary N) is 4. The van der Waals surface area contributed by atoms with Gasteiger partial charge in [-0.2, -0.15) is 0 Å². The van der Waals surface area contributed by atoms with Gasteiger partial charge in [-0.1, -0.05) is 132 Å². The number of amides is 8. The fraction of sp³-hybridized carbons (Fsp3) is 0.683. The highest BCUT2D eigenvalue weighted by Crippen LogP contribution is 2.34. The molecule has 2 aromatic carbocycles. The Kier molecular flexibility index (Phi) is 27.6. The molecular formula is C60H98N8O10. The van der Waals surface area contributed by atoms with Crippen LogP contribution in [0.1, 0.15) is 170 Å². The van der Waals surface area contributed by atoms with E-state index in [2.05, 4.69) is 47.2 Å². The lowest BCUT2D eigenvalue weighted by molar-refractivity contribution is -0.147. The summed E-state index contributed by atoms with van der Waals surface area (Å²) in [7, 11) is 4.72. The fourth-order valence-electron chi connectivity index (χ4n) is 11.0. The van der Waals surface area contributed by atoms with Gasteiger partial charge in [0.1, 0.15) is 18.7 Å². The second-order valence-corrected chi connectivity index (χ2v) is 22.7. The van der Waals surface area contributed by atoms with E-state index in [0.29, 0.717) is 55.9 Å². The number of hydrogen-bond acceptors (Lipinski definition) is 10. The Morgan fingerprint density at radius 3 is 1.96 bits per heavy atom. The highest BCUT2D eigenvalue weighted by Gasteiger charge is 2.43. The maximum atomic E-state index is 14.7. The summed E-state index contributed by atoms with van der Waals surface area (Å²) in [4.78, 5) is 99.3. The molecule has 0 aromatic heterocycles. The summed E-state index contributed by atoms with van der Waals surface area (Å²) in [5, 5.41) is 22.7. The number of hydrogen-bond donors (Lipinski definition) is 6. The van der Waals surface area contributed by atoms with E-state index in [1.807, 2.05) is 79.3 Å². The van der Waals surface area contributed by atoms with E-state index in [0.717, 1.165) is 31.2 Å². The van der Waals surface area contributed by atoms with Crippen molar-refractivity contribution in [3.63, 3.8) is 0 Å². The summed E-state index contributed by atoms with van der Waals surface area (Å²) in [6.07, 6.45) is 3.86. The highest BCUT2D eigenvalue weighted by atomic mass is 16.6. The molecule has 1 aliphatic heterocycles. The number of rotatable bonds is 31. The molecule has 0 saturated carbocycles. The molecule has 3 rings (SSSR count). The number of ether oxygens (including phenoxy) is 2. The summed E-state index contributed by atoms with van der Waals surface area (Å²) in [6.45, 7) is 24.1. The first-order valence-electron chi connectivity index (χ1n) is 28.6. The Bertz CT molecular complexity index is 2230. The Morgan fingerprint density at radius 1 is 0.782 bits per heavy atom. The molecule has 1 aliphatic rings. The van der Waals surface area contributed by atoms with Gasteiger partial charge < -0.3 is 51.4 Å². The minimum atomic E-state index is -0.996. The lowest BCUT2D eigenvalue weighted by Crippen LogP contribution is -2.60. The number of aliphatic hydroxyl groups is 1. The van der Waals surface area contributed by atoms with Crippen molar-refractivity contribution in [2.45, 2.75) is 196 Å². The largest absolute Gasteiger partial charge is 0.445 e. The molecular weight excluding hydrogens is 993 g/mol. The van der Waals surface area contributed by atoms with E-state index in [1.54, 1.807) is 50.2 Å². The van der Waals surface area contributed by atoms with Gasteiger partial charge in [0, 0.05) is 57.9 Å². The molecule has 2 unspecified atom stereocenters. The molecule has 438 valence electrons. The SMILES string of the molecule is CCCC(C)c1ccc([C@H](O)[C@@H](C)NC(=O)[C@H](C)[C@@H](CC)[C@@H]2CCCN2C(=O)C[C@@H](OC)[C@H](C(C)CC)N(C)C(=O)[C@@H](NC(=O)[C@H](C(C)C)N(C)C(=O)OCc2ccc(NC(=O)[C@@H](C)CCCNC(N)=O)cc2)C(C)C)cc1. The molecule has 0 bridgehead atoms. The van der Waals surface area contributed by atoms with Crippen molar-refractivity contribution in [1.82, 2.24) is 30.7 Å². The number of likely N-dealkylation sites (tertiary alicyclic amines) is 1. The number of carbonyl (C=O) groups is 7. The molecule has 2 aromatic rings. The van der Waals surface area contributed by atoms with Crippen molar-refractivity contribution in [1.29, 1.82) is 0 Å². The van der Waals surface area contributed by atoms with Gasteiger partial charge in [0.15, 0.2) is 0 Å². The van der Waals surface area contributed by atoms with Crippen molar-refractivity contribution in [2.75, 3.05) is 39.6 Å². The Morgan fingerprint density at radius 2 is 1.41 bits per heavy atom. The first-order chi connectivity index (χ1) is 36.8. The molecule has 7 N–H and O–H groups in total. The van der Waals surface area contributed by atoms with E-state index in [1.165, 1.54) is 17.5 Å². The molecule has 18 heteroatoms. The molecule has 12 atom stereocenters. The van der Waals surface area contributed by atoms with Gasteiger partial charge in [0.05, 0.1) is 30.7 Å². The molecule has 0 radical (unpaired) electrons. The van der Waals surface area contributed by atoms with Gasteiger partial charge in [-0.05, 0) is 97.4 Å². The number of likely N-dealkylation sites (N-methyl/N-ethyl adjacent to an activating group) is 2. The first-order valence-corrected chi connectivity index (χ1v) is 28.6. The van der Waals surface area contributed by atoms with Gasteiger partial charge in [-0.15, -0.1) is 0 Å². The van der Waals surface area contributed by atoms with Crippen LogP contribution >= 0.6 is 0 Å². The van der Waals surface area contributed by atoms with E-state index in [-0.39, 0.29) is 72.3 Å². The van der Waals surface area contributed by atoms with Gasteiger partial charge in [-0.3, -0.25) is 28.9 Å². The van der Waals surface area contributed by atoms with Gasteiger partial charge >= 0.3 is 12.1 Å². The smallest absolute Gasteiger partial charge is 0.410 e.